The van der Waals surface area contributed by atoms with Crippen LogP contribution in [0.15, 0.2) is 0 Å². The molecule has 26 heavy (non-hydrogen) atoms. The molecule has 0 bridgehead atoms. The van der Waals surface area contributed by atoms with Crippen LogP contribution in [0.5, 0.6) is 0 Å². The van der Waals surface area contributed by atoms with E-state index in [0.717, 1.165) is 0 Å². The number of hydrogen-bond donors (Lipinski definition) is 0. The average molecular weight is 411 g/mol. The van der Waals surface area contributed by atoms with Crippen molar-refractivity contribution in [2.24, 2.45) is 23.7 Å². The highest BCUT2D eigenvalue weighted by Gasteiger charge is 2.31. The first-order chi connectivity index (χ1) is 11.8. The van der Waals surface area contributed by atoms with E-state index in [1.807, 2.05) is 6.92 Å². The molecule has 4 nitrogen and oxygen atoms in total. The normalized spacial score (nSPS) is 14.8. The molecule has 1 atom stereocenters. The van der Waals surface area contributed by atoms with Crippen molar-refractivity contribution in [3.63, 3.8) is 0 Å². The summed E-state index contributed by atoms with van der Waals surface area (Å²) in [7, 11) is -5.40. The van der Waals surface area contributed by atoms with E-state index in [-0.39, 0.29) is 12.7 Å². The first kappa shape index (κ1) is 26.4. The van der Waals surface area contributed by atoms with E-state index in [1.54, 1.807) is 0 Å². The van der Waals surface area contributed by atoms with Gasteiger partial charge in [-0.15, -0.1) is 0 Å². The van der Waals surface area contributed by atoms with Gasteiger partial charge in [0.1, 0.15) is 0 Å². The highest BCUT2D eigenvalue weighted by molar-refractivity contribution is 7.59. The summed E-state index contributed by atoms with van der Waals surface area (Å²) in [6.45, 7) is 18.9. The van der Waals surface area contributed by atoms with Crippen molar-refractivity contribution >= 4 is 14.7 Å². The molecule has 0 spiro atoms. The Morgan fingerprint density at radius 3 is 1.31 bits per heavy atom. The van der Waals surface area contributed by atoms with Gasteiger partial charge in [-0.3, -0.25) is 9.13 Å². The molecule has 0 saturated heterocycles. The summed E-state index contributed by atoms with van der Waals surface area (Å²) >= 11 is 0. The first-order valence-electron chi connectivity index (χ1n) is 10.3. The van der Waals surface area contributed by atoms with Crippen LogP contribution in [0, 0.1) is 23.7 Å². The van der Waals surface area contributed by atoms with Crippen LogP contribution in [0.3, 0.4) is 0 Å². The topological polar surface area (TPSA) is 52.6 Å². The van der Waals surface area contributed by atoms with Gasteiger partial charge in [0.05, 0.1) is 12.7 Å². The van der Waals surface area contributed by atoms with Crippen LogP contribution in [0.2, 0.25) is 0 Å². The van der Waals surface area contributed by atoms with Crippen LogP contribution in [0.4, 0.5) is 0 Å². The summed E-state index contributed by atoms with van der Waals surface area (Å²) in [6, 6.07) is 0. The Hall–Kier alpha value is 0.380. The molecule has 0 aromatic heterocycles. The molecule has 0 aromatic rings. The zero-order valence-corrected chi connectivity index (χ0v) is 20.4. The molecule has 158 valence electrons. The lowest BCUT2D eigenvalue weighted by molar-refractivity contribution is 0.126. The third kappa shape index (κ3) is 12.0. The molecule has 0 aliphatic heterocycles. The smallest absolute Gasteiger partial charge is 0.204 e. The van der Waals surface area contributed by atoms with Gasteiger partial charge in [-0.05, 0) is 30.1 Å². The van der Waals surface area contributed by atoms with Crippen molar-refractivity contribution in [3.05, 3.63) is 0 Å². The standard InChI is InChI=1S/C20H44O4P2/c1-10-20(24-26(22,14-18(6)7)15-19(8)9)11-23-25(21,12-16(2)3)13-17(4)5/h16-20H,10-15H2,1-9H3. The quantitative estimate of drug-likeness (QED) is 0.290. The van der Waals surface area contributed by atoms with Gasteiger partial charge in [-0.1, -0.05) is 62.3 Å². The van der Waals surface area contributed by atoms with Crippen molar-refractivity contribution in [2.75, 3.05) is 31.3 Å². The van der Waals surface area contributed by atoms with Crippen molar-refractivity contribution in [1.82, 2.24) is 0 Å². The zero-order valence-electron chi connectivity index (χ0n) is 18.7. The van der Waals surface area contributed by atoms with Gasteiger partial charge >= 0.3 is 0 Å². The third-order valence-electron chi connectivity index (χ3n) is 3.87. The summed E-state index contributed by atoms with van der Waals surface area (Å²) in [4.78, 5) is 0. The minimum absolute atomic E-state index is 0.258. The molecule has 0 N–H and O–H groups in total. The maximum Gasteiger partial charge on any atom is 0.204 e. The second kappa shape index (κ2) is 12.1. The molecule has 0 saturated carbocycles. The molecule has 0 rings (SSSR count). The third-order valence-corrected chi connectivity index (χ3v) is 10.3. The van der Waals surface area contributed by atoms with Crippen LogP contribution in [0.25, 0.3) is 0 Å². The lowest BCUT2D eigenvalue weighted by Gasteiger charge is -2.29. The molecule has 6 heteroatoms. The fourth-order valence-electron chi connectivity index (χ4n) is 3.28. The lowest BCUT2D eigenvalue weighted by atomic mass is 10.3. The molecule has 0 heterocycles. The van der Waals surface area contributed by atoms with E-state index >= 15 is 0 Å². The minimum atomic E-state index is -2.71. The van der Waals surface area contributed by atoms with Gasteiger partial charge in [0.25, 0.3) is 0 Å². The number of rotatable bonds is 14. The van der Waals surface area contributed by atoms with E-state index in [2.05, 4.69) is 55.4 Å². The predicted molar refractivity (Wildman–Crippen MR) is 115 cm³/mol. The maximum absolute atomic E-state index is 13.3. The van der Waals surface area contributed by atoms with Crippen molar-refractivity contribution in [3.8, 4) is 0 Å². The fraction of sp³-hybridized carbons (Fsp3) is 1.00. The second-order valence-corrected chi connectivity index (χ2v) is 14.6. The molecule has 0 amide bonds. The zero-order chi connectivity index (χ0) is 20.5. The van der Waals surface area contributed by atoms with Crippen LogP contribution in [0.1, 0.15) is 68.7 Å². The summed E-state index contributed by atoms with van der Waals surface area (Å²) in [6.07, 6.45) is 2.83. The van der Waals surface area contributed by atoms with Gasteiger partial charge in [-0.25, -0.2) is 0 Å². The molecule has 0 aliphatic carbocycles. The van der Waals surface area contributed by atoms with Crippen molar-refractivity contribution in [2.45, 2.75) is 74.8 Å². The Kier molecular flexibility index (Phi) is 12.2. The molecule has 0 aromatic carbocycles. The van der Waals surface area contributed by atoms with Crippen LogP contribution >= 0.6 is 14.7 Å². The molecule has 1 unspecified atom stereocenters. The predicted octanol–water partition coefficient (Wildman–Crippen LogP) is 6.98. The summed E-state index contributed by atoms with van der Waals surface area (Å²) in [5.41, 5.74) is 0. The molecular weight excluding hydrogens is 366 g/mol. The summed E-state index contributed by atoms with van der Waals surface area (Å²) < 4.78 is 38.7. The van der Waals surface area contributed by atoms with E-state index in [0.29, 0.717) is 54.7 Å². The van der Waals surface area contributed by atoms with Crippen molar-refractivity contribution in [1.29, 1.82) is 0 Å². The largest absolute Gasteiger partial charge is 0.326 e. The van der Waals surface area contributed by atoms with E-state index in [4.69, 9.17) is 9.05 Å². The fourth-order valence-corrected chi connectivity index (χ4v) is 9.60. The second-order valence-electron chi connectivity index (χ2n) is 9.37. The Balaban J connectivity index is 5.08. The minimum Gasteiger partial charge on any atom is -0.326 e. The molecular formula is C20H44O4P2. The van der Waals surface area contributed by atoms with E-state index < -0.39 is 14.7 Å². The average Bonchev–Trinajstić information content (AvgIpc) is 2.39. The Morgan fingerprint density at radius 2 is 1.00 bits per heavy atom. The molecule has 0 aliphatic rings. The van der Waals surface area contributed by atoms with Gasteiger partial charge < -0.3 is 9.05 Å². The summed E-state index contributed by atoms with van der Waals surface area (Å²) in [5.74, 6) is 1.30. The van der Waals surface area contributed by atoms with Gasteiger partial charge in [-0.2, -0.15) is 0 Å². The molecule has 0 radical (unpaired) electrons. The van der Waals surface area contributed by atoms with Crippen LogP contribution < -0.4 is 0 Å². The van der Waals surface area contributed by atoms with Gasteiger partial charge in [0.2, 0.25) is 14.7 Å². The number of hydrogen-bond acceptors (Lipinski definition) is 4. The van der Waals surface area contributed by atoms with Crippen LogP contribution in [-0.4, -0.2) is 37.4 Å². The summed E-state index contributed by atoms with van der Waals surface area (Å²) in [5, 5.41) is 0. The van der Waals surface area contributed by atoms with Gasteiger partial charge in [0.15, 0.2) is 0 Å². The Bertz CT molecular complexity index is 444. The van der Waals surface area contributed by atoms with Crippen molar-refractivity contribution < 1.29 is 18.2 Å². The monoisotopic (exact) mass is 410 g/mol. The van der Waals surface area contributed by atoms with E-state index in [9.17, 15) is 9.13 Å². The first-order valence-corrected chi connectivity index (χ1v) is 14.3. The molecule has 0 fully saturated rings. The lowest BCUT2D eigenvalue weighted by Crippen LogP contribution is -2.22. The Labute approximate surface area is 163 Å². The maximum atomic E-state index is 13.3. The Morgan fingerprint density at radius 1 is 0.654 bits per heavy atom. The highest BCUT2D eigenvalue weighted by Crippen LogP contribution is 2.53. The highest BCUT2D eigenvalue weighted by atomic mass is 31.2. The van der Waals surface area contributed by atoms with Gasteiger partial charge in [0, 0.05) is 24.6 Å². The SMILES string of the molecule is CCC(COP(=O)(CC(C)C)CC(C)C)OP(=O)(CC(C)C)CC(C)C. The van der Waals surface area contributed by atoms with E-state index in [1.165, 1.54) is 0 Å². The van der Waals surface area contributed by atoms with Crippen LogP contribution in [-0.2, 0) is 18.2 Å².